The quantitative estimate of drug-likeness (QED) is 0.846. The Morgan fingerprint density at radius 3 is 2.75 bits per heavy atom. The Morgan fingerprint density at radius 2 is 2.06 bits per heavy atom. The lowest BCUT2D eigenvalue weighted by Gasteiger charge is -2.25. The molecule has 1 aliphatic rings. The molecule has 88 valence electrons. The minimum atomic E-state index is -0.336. The number of nitrogens with one attached hydrogen (secondary N) is 1. The number of halogens is 2. The smallest absolute Gasteiger partial charge is 0.142 e. The molecule has 1 aliphatic carbocycles. The molecule has 1 fully saturated rings. The van der Waals surface area contributed by atoms with E-state index in [0.717, 1.165) is 5.56 Å². The Hall–Kier alpha value is -0.600. The zero-order valence-corrected chi connectivity index (χ0v) is 10.3. The lowest BCUT2D eigenvalue weighted by molar-refractivity contribution is 0.362. The van der Waals surface area contributed by atoms with Gasteiger partial charge in [0.15, 0.2) is 0 Å². The van der Waals surface area contributed by atoms with Crippen LogP contribution in [-0.4, -0.2) is 5.54 Å². The molecule has 1 saturated carbocycles. The molecule has 2 rings (SSSR count). The lowest BCUT2D eigenvalue weighted by atomic mass is 10.0. The van der Waals surface area contributed by atoms with Gasteiger partial charge >= 0.3 is 0 Å². The molecule has 0 bridgehead atoms. The highest BCUT2D eigenvalue weighted by Crippen LogP contribution is 2.29. The summed E-state index contributed by atoms with van der Waals surface area (Å²) >= 11 is 5.91. The average molecular weight is 242 g/mol. The molecule has 0 unspecified atom stereocenters. The first-order valence-electron chi connectivity index (χ1n) is 5.79. The van der Waals surface area contributed by atoms with Gasteiger partial charge in [-0.1, -0.05) is 36.6 Å². The van der Waals surface area contributed by atoms with E-state index in [1.165, 1.54) is 31.7 Å². The van der Waals surface area contributed by atoms with Gasteiger partial charge in [-0.3, -0.25) is 0 Å². The normalized spacial score (nSPS) is 18.9. The van der Waals surface area contributed by atoms with Crippen LogP contribution in [0.4, 0.5) is 4.39 Å². The first-order valence-corrected chi connectivity index (χ1v) is 6.16. The Kier molecular flexibility index (Phi) is 3.50. The monoisotopic (exact) mass is 241 g/mol. The summed E-state index contributed by atoms with van der Waals surface area (Å²) in [6, 6.07) is 4.97. The van der Waals surface area contributed by atoms with Crippen LogP contribution in [0, 0.1) is 5.82 Å². The molecule has 0 heterocycles. The van der Waals surface area contributed by atoms with Crippen molar-refractivity contribution in [3.63, 3.8) is 0 Å². The molecule has 0 saturated heterocycles. The van der Waals surface area contributed by atoms with Gasteiger partial charge in [0, 0.05) is 12.1 Å². The van der Waals surface area contributed by atoms with E-state index >= 15 is 0 Å². The second kappa shape index (κ2) is 4.72. The van der Waals surface area contributed by atoms with Crippen molar-refractivity contribution in [2.75, 3.05) is 0 Å². The second-order valence-corrected chi connectivity index (χ2v) is 5.21. The zero-order chi connectivity index (χ0) is 11.6. The highest BCUT2D eigenvalue weighted by molar-refractivity contribution is 6.31. The summed E-state index contributed by atoms with van der Waals surface area (Å²) in [5, 5.41) is 3.74. The summed E-state index contributed by atoms with van der Waals surface area (Å²) < 4.78 is 13.2. The van der Waals surface area contributed by atoms with Crippen molar-refractivity contribution in [3.05, 3.63) is 34.6 Å². The molecule has 0 atom stereocenters. The lowest BCUT2D eigenvalue weighted by Crippen LogP contribution is -2.38. The first-order chi connectivity index (χ1) is 7.61. The summed E-state index contributed by atoms with van der Waals surface area (Å²) in [6.07, 6.45) is 4.95. The highest BCUT2D eigenvalue weighted by Gasteiger charge is 2.27. The number of hydrogen-bond acceptors (Lipinski definition) is 1. The molecule has 1 N–H and O–H groups in total. The van der Waals surface area contributed by atoms with Crippen molar-refractivity contribution in [3.8, 4) is 0 Å². The molecule has 0 spiro atoms. The first kappa shape index (κ1) is 11.9. The standard InChI is InChI=1S/C13H17ClFN/c1-13(7-2-3-8-13)16-9-10-5-4-6-11(15)12(10)14/h4-6,16H,2-3,7-9H2,1H3. The molecule has 0 aromatic heterocycles. The fraction of sp³-hybridized carbons (Fsp3) is 0.538. The number of benzene rings is 1. The van der Waals surface area contributed by atoms with E-state index < -0.39 is 0 Å². The van der Waals surface area contributed by atoms with E-state index in [-0.39, 0.29) is 16.4 Å². The van der Waals surface area contributed by atoms with Crippen LogP contribution in [0.25, 0.3) is 0 Å². The van der Waals surface area contributed by atoms with Crippen molar-refractivity contribution < 1.29 is 4.39 Å². The SMILES string of the molecule is CC1(NCc2cccc(F)c2Cl)CCCC1. The van der Waals surface area contributed by atoms with Gasteiger partial charge in [0.05, 0.1) is 5.02 Å². The van der Waals surface area contributed by atoms with Crippen LogP contribution in [-0.2, 0) is 6.54 Å². The van der Waals surface area contributed by atoms with Gasteiger partial charge in [-0.25, -0.2) is 4.39 Å². The topological polar surface area (TPSA) is 12.0 Å². The number of hydrogen-bond donors (Lipinski definition) is 1. The van der Waals surface area contributed by atoms with Crippen LogP contribution in [0.1, 0.15) is 38.2 Å². The maximum absolute atomic E-state index is 13.2. The van der Waals surface area contributed by atoms with Gasteiger partial charge in [-0.2, -0.15) is 0 Å². The van der Waals surface area contributed by atoms with E-state index in [2.05, 4.69) is 12.2 Å². The van der Waals surface area contributed by atoms with E-state index in [0.29, 0.717) is 6.54 Å². The van der Waals surface area contributed by atoms with Crippen LogP contribution in [0.2, 0.25) is 5.02 Å². The summed E-state index contributed by atoms with van der Waals surface area (Å²) in [5.41, 5.74) is 1.05. The zero-order valence-electron chi connectivity index (χ0n) is 9.52. The van der Waals surface area contributed by atoms with E-state index in [1.54, 1.807) is 6.07 Å². The van der Waals surface area contributed by atoms with E-state index in [4.69, 9.17) is 11.6 Å². The molecule has 1 aromatic rings. The minimum absolute atomic E-state index is 0.204. The van der Waals surface area contributed by atoms with Gasteiger partial charge in [0.2, 0.25) is 0 Å². The second-order valence-electron chi connectivity index (χ2n) is 4.83. The van der Waals surface area contributed by atoms with Crippen LogP contribution >= 0.6 is 11.6 Å². The third-order valence-electron chi connectivity index (χ3n) is 3.44. The van der Waals surface area contributed by atoms with Gasteiger partial charge in [0.25, 0.3) is 0 Å². The van der Waals surface area contributed by atoms with Crippen molar-refractivity contribution in [2.45, 2.75) is 44.7 Å². The minimum Gasteiger partial charge on any atom is -0.307 e. The Morgan fingerprint density at radius 1 is 1.38 bits per heavy atom. The fourth-order valence-electron chi connectivity index (χ4n) is 2.33. The van der Waals surface area contributed by atoms with Gasteiger partial charge in [-0.05, 0) is 31.4 Å². The van der Waals surface area contributed by atoms with Crippen LogP contribution in [0.3, 0.4) is 0 Å². The van der Waals surface area contributed by atoms with Gasteiger partial charge < -0.3 is 5.32 Å². The highest BCUT2D eigenvalue weighted by atomic mass is 35.5. The molecule has 16 heavy (non-hydrogen) atoms. The molecule has 0 radical (unpaired) electrons. The molecule has 1 aromatic carbocycles. The summed E-state index contributed by atoms with van der Waals surface area (Å²) in [4.78, 5) is 0. The Bertz CT molecular complexity index is 372. The van der Waals surface area contributed by atoms with E-state index in [1.807, 2.05) is 6.07 Å². The molecule has 1 nitrogen and oxygen atoms in total. The van der Waals surface area contributed by atoms with Crippen molar-refractivity contribution in [1.29, 1.82) is 0 Å². The molecule has 0 aliphatic heterocycles. The molecule has 0 amide bonds. The summed E-state index contributed by atoms with van der Waals surface area (Å²) in [7, 11) is 0. The predicted octanol–water partition coefficient (Wildman–Crippen LogP) is 3.90. The van der Waals surface area contributed by atoms with Crippen molar-refractivity contribution in [2.24, 2.45) is 0 Å². The Balaban J connectivity index is 2.02. The molecular weight excluding hydrogens is 225 g/mol. The van der Waals surface area contributed by atoms with Crippen molar-refractivity contribution in [1.82, 2.24) is 5.32 Å². The van der Waals surface area contributed by atoms with Crippen LogP contribution < -0.4 is 5.32 Å². The maximum Gasteiger partial charge on any atom is 0.142 e. The number of rotatable bonds is 3. The largest absolute Gasteiger partial charge is 0.307 e. The molecule has 3 heteroatoms. The third kappa shape index (κ3) is 2.55. The van der Waals surface area contributed by atoms with Crippen LogP contribution in [0.15, 0.2) is 18.2 Å². The summed E-state index contributed by atoms with van der Waals surface area (Å²) in [6.45, 7) is 2.88. The van der Waals surface area contributed by atoms with Crippen LogP contribution in [0.5, 0.6) is 0 Å². The predicted molar refractivity (Wildman–Crippen MR) is 65.1 cm³/mol. The fourth-order valence-corrected chi connectivity index (χ4v) is 2.52. The maximum atomic E-state index is 13.2. The third-order valence-corrected chi connectivity index (χ3v) is 3.87. The van der Waals surface area contributed by atoms with E-state index in [9.17, 15) is 4.39 Å². The molecular formula is C13H17ClFN. The average Bonchev–Trinajstić information content (AvgIpc) is 2.68. The van der Waals surface area contributed by atoms with Gasteiger partial charge in [0.1, 0.15) is 5.82 Å². The Labute approximate surface area is 101 Å². The summed E-state index contributed by atoms with van der Waals surface area (Å²) in [5.74, 6) is -0.336. The van der Waals surface area contributed by atoms with Crippen molar-refractivity contribution >= 4 is 11.6 Å². The van der Waals surface area contributed by atoms with Gasteiger partial charge in [-0.15, -0.1) is 0 Å².